The van der Waals surface area contributed by atoms with E-state index in [0.29, 0.717) is 12.8 Å². The van der Waals surface area contributed by atoms with E-state index in [-0.39, 0.29) is 18.9 Å². The van der Waals surface area contributed by atoms with Gasteiger partial charge in [-0.1, -0.05) is 340 Å². The molecule has 0 aromatic carbocycles. The Morgan fingerprint density at radius 2 is 0.619 bits per heavy atom. The third kappa shape index (κ3) is 50.5. The van der Waals surface area contributed by atoms with Gasteiger partial charge in [0, 0.05) is 6.42 Å². The highest BCUT2D eigenvalue weighted by molar-refractivity contribution is 5.76. The van der Waals surface area contributed by atoms with Crippen LogP contribution >= 0.6 is 0 Å². The topological polar surface area (TPSA) is 307 Å². The van der Waals surface area contributed by atoms with Crippen LogP contribution in [0.4, 0.5) is 0 Å². The van der Waals surface area contributed by atoms with Crippen LogP contribution in [0, 0.1) is 0 Å². The number of aliphatic hydroxyl groups is 11. The van der Waals surface area contributed by atoms with E-state index >= 15 is 0 Å². The third-order valence-corrected chi connectivity index (χ3v) is 21.4. The number of allylic oxidation sites excluding steroid dienone is 21. The number of carbonyl (C=O) groups is 1. The molecule has 0 spiro atoms. The summed E-state index contributed by atoms with van der Waals surface area (Å²) in [6.07, 6.45) is 77.4. The number of amides is 1. The van der Waals surface area contributed by atoms with E-state index in [1.54, 1.807) is 6.08 Å². The summed E-state index contributed by atoms with van der Waals surface area (Å²) in [5.41, 5.74) is 0. The van der Waals surface area contributed by atoms with Gasteiger partial charge in [0.25, 0.3) is 0 Å². The molecule has 0 saturated carbocycles. The van der Waals surface area contributed by atoms with E-state index in [4.69, 9.17) is 28.4 Å². The standard InChI is InChI=1S/C94H161NO18/c1-3-5-7-9-11-13-15-17-19-21-23-25-27-29-31-33-35-37-38-40-42-44-46-48-50-52-54-56-58-60-62-64-66-68-70-72-82(100)95-77(78(99)71-69-67-65-63-61-59-57-55-53-51-49-47-45-43-41-39-36-34-32-30-28-26-24-22-20-18-16-14-12-10-8-6-4-2)76-108-92-88(106)85(103)90(80(74-97)110-92)113-94-89(107)86(104)91(81(75-98)111-94)112-93-87(105)84(102)83(101)79(73-96)109-93/h5,7,11,13,17,19,23,25,29,31,35,37,40,42,46,48,53,55,61,63,69,71,77-81,83-94,96-99,101-107H,3-4,6,8-10,12,14-16,18,20-22,24,26-28,30,32-34,36,38-39,41,43-45,47,49-52,54,56-60,62,64-68,70,72-76H2,1-2H3,(H,95,100)/b7-5-,13-11-,19-17-,25-23-,31-29-,37-35-,42-40-,48-46-,55-53+,63-61+,71-69+. The van der Waals surface area contributed by atoms with Gasteiger partial charge in [0.2, 0.25) is 5.91 Å². The monoisotopic (exact) mass is 1590 g/mol. The summed E-state index contributed by atoms with van der Waals surface area (Å²) < 4.78 is 34.5. The zero-order valence-corrected chi connectivity index (χ0v) is 70.1. The summed E-state index contributed by atoms with van der Waals surface area (Å²) in [5.74, 6) is -0.297. The summed E-state index contributed by atoms with van der Waals surface area (Å²) in [7, 11) is 0. The minimum Gasteiger partial charge on any atom is -0.394 e. The zero-order chi connectivity index (χ0) is 81.7. The van der Waals surface area contributed by atoms with Crippen LogP contribution in [0.1, 0.15) is 322 Å². The molecule has 0 aromatic heterocycles. The predicted molar refractivity (Wildman–Crippen MR) is 456 cm³/mol. The highest BCUT2D eigenvalue weighted by Crippen LogP contribution is 2.33. The number of nitrogens with one attached hydrogen (secondary N) is 1. The Balaban J connectivity index is 1.36. The smallest absolute Gasteiger partial charge is 0.220 e. The summed E-state index contributed by atoms with van der Waals surface area (Å²) in [6.45, 7) is 1.62. The van der Waals surface area contributed by atoms with Crippen LogP contribution in [0.5, 0.6) is 0 Å². The molecule has 0 aromatic rings. The molecule has 3 aliphatic heterocycles. The fraction of sp³-hybridized carbons (Fsp3) is 0.755. The highest BCUT2D eigenvalue weighted by Gasteiger charge is 2.54. The number of hydrogen-bond acceptors (Lipinski definition) is 18. The van der Waals surface area contributed by atoms with Crippen LogP contribution in [0.3, 0.4) is 0 Å². The minimum atomic E-state index is -1.99. The number of rotatable bonds is 71. The van der Waals surface area contributed by atoms with Crippen LogP contribution < -0.4 is 5.32 Å². The SMILES string of the molecule is CC/C=C\C/C=C\C/C=C\C/C=C\C/C=C\C/C=C\C/C=C\C/C=C\CCCCCCCCCCCCC(=O)NC(COC1OC(CO)C(OC2OC(CO)C(OC3OC(CO)C(O)C(O)C3O)C(O)C2O)C(O)C1O)C(O)/C=C/CC/C=C/CC/C=C/CCCCCCCCCCCCCCCCCCCCCCCCC. The van der Waals surface area contributed by atoms with E-state index in [0.717, 1.165) is 109 Å². The van der Waals surface area contributed by atoms with Crippen molar-refractivity contribution in [3.63, 3.8) is 0 Å². The van der Waals surface area contributed by atoms with Crippen molar-refractivity contribution in [1.29, 1.82) is 0 Å². The molecule has 650 valence electrons. The Morgan fingerprint density at radius 3 is 0.991 bits per heavy atom. The maximum atomic E-state index is 13.5. The molecule has 3 heterocycles. The van der Waals surface area contributed by atoms with Crippen LogP contribution in [0.25, 0.3) is 0 Å². The lowest BCUT2D eigenvalue weighted by molar-refractivity contribution is -0.379. The number of hydrogen-bond donors (Lipinski definition) is 12. The summed E-state index contributed by atoms with van der Waals surface area (Å²) in [5, 5.41) is 121. The Bertz CT molecular complexity index is 2560. The van der Waals surface area contributed by atoms with E-state index in [9.17, 15) is 61.0 Å². The number of unbranched alkanes of at least 4 members (excludes halogenated alkanes) is 35. The van der Waals surface area contributed by atoms with Crippen molar-refractivity contribution in [3.8, 4) is 0 Å². The van der Waals surface area contributed by atoms with Gasteiger partial charge in [-0.15, -0.1) is 0 Å². The first-order chi connectivity index (χ1) is 55.3. The molecule has 1 amide bonds. The Hall–Kier alpha value is -4.07. The molecule has 17 unspecified atom stereocenters. The molecule has 0 aliphatic carbocycles. The van der Waals surface area contributed by atoms with Gasteiger partial charge in [-0.3, -0.25) is 4.79 Å². The second-order valence-corrected chi connectivity index (χ2v) is 31.3. The number of carbonyl (C=O) groups excluding carboxylic acids is 1. The molecule has 17 atom stereocenters. The first-order valence-corrected chi connectivity index (χ1v) is 44.9. The van der Waals surface area contributed by atoms with Gasteiger partial charge >= 0.3 is 0 Å². The average molecular weight is 1590 g/mol. The molecule has 0 bridgehead atoms. The van der Waals surface area contributed by atoms with Crippen LogP contribution in [-0.4, -0.2) is 193 Å². The van der Waals surface area contributed by atoms with Crippen molar-refractivity contribution in [3.05, 3.63) is 134 Å². The Kier molecular flexibility index (Phi) is 65.7. The normalized spacial score (nSPS) is 25.5. The van der Waals surface area contributed by atoms with Crippen LogP contribution in [0.2, 0.25) is 0 Å². The van der Waals surface area contributed by atoms with Gasteiger partial charge < -0.3 is 89.9 Å². The zero-order valence-electron chi connectivity index (χ0n) is 70.1. The van der Waals surface area contributed by atoms with Gasteiger partial charge in [0.15, 0.2) is 18.9 Å². The Morgan fingerprint density at radius 1 is 0.327 bits per heavy atom. The molecule has 3 saturated heterocycles. The molecule has 19 heteroatoms. The van der Waals surface area contributed by atoms with E-state index in [1.165, 1.54) is 180 Å². The number of aliphatic hydroxyl groups excluding tert-OH is 11. The van der Waals surface area contributed by atoms with E-state index < -0.39 is 124 Å². The molecular weight excluding hydrogens is 1430 g/mol. The van der Waals surface area contributed by atoms with Crippen LogP contribution in [0.15, 0.2) is 134 Å². The van der Waals surface area contributed by atoms with Crippen molar-refractivity contribution in [2.24, 2.45) is 0 Å². The largest absolute Gasteiger partial charge is 0.394 e. The predicted octanol–water partition coefficient (Wildman–Crippen LogP) is 17.2. The molecule has 113 heavy (non-hydrogen) atoms. The first kappa shape index (κ1) is 103. The second kappa shape index (κ2) is 72.0. The van der Waals surface area contributed by atoms with E-state index in [2.05, 4.69) is 141 Å². The Labute approximate surface area is 683 Å². The summed E-state index contributed by atoms with van der Waals surface area (Å²) >= 11 is 0. The molecule has 3 aliphatic rings. The minimum absolute atomic E-state index is 0.218. The summed E-state index contributed by atoms with van der Waals surface area (Å²) in [6, 6.07) is -1.01. The van der Waals surface area contributed by atoms with Gasteiger partial charge in [-0.2, -0.15) is 0 Å². The summed E-state index contributed by atoms with van der Waals surface area (Å²) in [4.78, 5) is 13.5. The van der Waals surface area contributed by atoms with Crippen LogP contribution in [-0.2, 0) is 33.2 Å². The molecule has 19 nitrogen and oxygen atoms in total. The molecule has 0 radical (unpaired) electrons. The van der Waals surface area contributed by atoms with Gasteiger partial charge in [-0.05, 0) is 109 Å². The fourth-order valence-corrected chi connectivity index (χ4v) is 14.3. The van der Waals surface area contributed by atoms with Gasteiger partial charge in [-0.25, -0.2) is 0 Å². The first-order valence-electron chi connectivity index (χ1n) is 44.9. The highest BCUT2D eigenvalue weighted by atomic mass is 16.8. The molecular formula is C94H161NO18. The van der Waals surface area contributed by atoms with Crippen molar-refractivity contribution >= 4 is 5.91 Å². The van der Waals surface area contributed by atoms with Crippen molar-refractivity contribution < 1.29 is 89.4 Å². The number of ether oxygens (including phenoxy) is 6. The van der Waals surface area contributed by atoms with Crippen molar-refractivity contribution in [1.82, 2.24) is 5.32 Å². The third-order valence-electron chi connectivity index (χ3n) is 21.4. The fourth-order valence-electron chi connectivity index (χ4n) is 14.3. The molecule has 3 rings (SSSR count). The lowest BCUT2D eigenvalue weighted by Gasteiger charge is -2.48. The lowest BCUT2D eigenvalue weighted by Crippen LogP contribution is -2.66. The van der Waals surface area contributed by atoms with Gasteiger partial charge in [0.05, 0.1) is 38.6 Å². The van der Waals surface area contributed by atoms with Gasteiger partial charge in [0.1, 0.15) is 73.2 Å². The molecule has 3 fully saturated rings. The quantitative estimate of drug-likeness (QED) is 0.0199. The van der Waals surface area contributed by atoms with Crippen molar-refractivity contribution in [2.45, 2.75) is 426 Å². The lowest BCUT2D eigenvalue weighted by atomic mass is 9.96. The van der Waals surface area contributed by atoms with Crippen molar-refractivity contribution in [2.75, 3.05) is 26.4 Å². The average Bonchev–Trinajstić information content (AvgIpc) is 0.780. The maximum Gasteiger partial charge on any atom is 0.220 e. The maximum absolute atomic E-state index is 13.5. The molecule has 12 N–H and O–H groups in total. The second-order valence-electron chi connectivity index (χ2n) is 31.3. The van der Waals surface area contributed by atoms with E-state index in [1.807, 2.05) is 6.08 Å².